The van der Waals surface area contributed by atoms with Crippen LogP contribution < -0.4 is 11.0 Å². The van der Waals surface area contributed by atoms with Gasteiger partial charge in [-0.15, -0.1) is 0 Å². The maximum absolute atomic E-state index is 12.5. The summed E-state index contributed by atoms with van der Waals surface area (Å²) in [5.41, 5.74) is 3.62. The summed E-state index contributed by atoms with van der Waals surface area (Å²) in [4.78, 5) is 24.8. The van der Waals surface area contributed by atoms with E-state index in [1.807, 2.05) is 30.3 Å². The molecule has 0 aliphatic heterocycles. The van der Waals surface area contributed by atoms with Crippen molar-refractivity contribution in [1.29, 1.82) is 0 Å². The summed E-state index contributed by atoms with van der Waals surface area (Å²) in [6.07, 6.45) is 3.07. The Bertz CT molecular complexity index is 1050. The summed E-state index contributed by atoms with van der Waals surface area (Å²) in [6.45, 7) is 0.381. The Labute approximate surface area is 163 Å². The molecule has 0 aliphatic carbocycles. The zero-order chi connectivity index (χ0) is 19.2. The number of hydrogen-bond acceptors (Lipinski definition) is 4. The number of amides is 1. The summed E-state index contributed by atoms with van der Waals surface area (Å²) in [5.74, 6) is -0.476. The van der Waals surface area contributed by atoms with Gasteiger partial charge in [0.05, 0.1) is 17.2 Å². The van der Waals surface area contributed by atoms with Gasteiger partial charge in [-0.05, 0) is 57.4 Å². The van der Waals surface area contributed by atoms with Crippen molar-refractivity contribution in [2.45, 2.75) is 6.54 Å². The molecule has 7 heteroatoms. The van der Waals surface area contributed by atoms with Gasteiger partial charge in [-0.2, -0.15) is 5.10 Å². The minimum Gasteiger partial charge on any atom is -0.507 e. The van der Waals surface area contributed by atoms with E-state index in [9.17, 15) is 14.7 Å². The predicted molar refractivity (Wildman–Crippen MR) is 107 cm³/mol. The lowest BCUT2D eigenvalue weighted by Gasteiger charge is -2.07. The number of aromatic hydroxyl groups is 1. The van der Waals surface area contributed by atoms with Crippen LogP contribution in [0.4, 0.5) is 0 Å². The number of rotatable bonds is 5. The third-order valence-corrected chi connectivity index (χ3v) is 4.45. The number of halogens is 1. The quantitative estimate of drug-likeness (QED) is 0.486. The molecule has 136 valence electrons. The number of hydrazone groups is 1. The maximum Gasteiger partial charge on any atom is 0.276 e. The van der Waals surface area contributed by atoms with E-state index in [1.54, 1.807) is 24.4 Å². The number of nitrogens with one attached hydrogen (secondary N) is 1. The van der Waals surface area contributed by atoms with E-state index in [4.69, 9.17) is 0 Å². The first kappa shape index (κ1) is 18.6. The van der Waals surface area contributed by atoms with E-state index < -0.39 is 5.91 Å². The lowest BCUT2D eigenvalue weighted by atomic mass is 10.2. The second-order valence-corrected chi connectivity index (χ2v) is 6.60. The second kappa shape index (κ2) is 8.46. The summed E-state index contributed by atoms with van der Waals surface area (Å²) >= 11 is 3.21. The number of carbonyl (C=O) groups excluding carboxylic acids is 1. The fraction of sp³-hybridized carbons (Fsp3) is 0.0500. The molecule has 1 aromatic heterocycles. The first-order chi connectivity index (χ1) is 13.0. The number of carbonyl (C=O) groups is 1. The molecule has 0 atom stereocenters. The molecular weight excluding hydrogens is 410 g/mol. The first-order valence-corrected chi connectivity index (χ1v) is 8.89. The van der Waals surface area contributed by atoms with Crippen LogP contribution >= 0.6 is 15.9 Å². The van der Waals surface area contributed by atoms with Crippen LogP contribution in [0.3, 0.4) is 0 Å². The third-order valence-electron chi connectivity index (χ3n) is 3.81. The number of hydrogen-bond donors (Lipinski definition) is 2. The molecule has 3 rings (SSSR count). The Morgan fingerprint density at radius 2 is 1.93 bits per heavy atom. The van der Waals surface area contributed by atoms with E-state index in [2.05, 4.69) is 26.5 Å². The molecule has 0 bridgehead atoms. The number of pyridine rings is 1. The van der Waals surface area contributed by atoms with Crippen LogP contribution in [0.25, 0.3) is 0 Å². The van der Waals surface area contributed by atoms with Gasteiger partial charge in [-0.1, -0.05) is 30.3 Å². The van der Waals surface area contributed by atoms with Gasteiger partial charge in [-0.25, -0.2) is 5.43 Å². The molecule has 0 spiro atoms. The van der Waals surface area contributed by atoms with Gasteiger partial charge in [0.1, 0.15) is 11.3 Å². The maximum atomic E-state index is 12.5. The summed E-state index contributed by atoms with van der Waals surface area (Å²) < 4.78 is 2.00. The minimum absolute atomic E-state index is 0.0115. The summed E-state index contributed by atoms with van der Waals surface area (Å²) in [6, 6.07) is 17.4. The number of benzene rings is 2. The van der Waals surface area contributed by atoms with E-state index in [-0.39, 0.29) is 16.9 Å². The molecule has 6 nitrogen and oxygen atoms in total. The zero-order valence-corrected chi connectivity index (χ0v) is 15.8. The van der Waals surface area contributed by atoms with E-state index in [0.717, 1.165) is 5.56 Å². The SMILES string of the molecule is O=C(N/N=C\c1ccc(O)c(Br)c1)c1cccn(Cc2ccccc2)c1=O. The molecule has 27 heavy (non-hydrogen) atoms. The number of nitrogens with zero attached hydrogens (tertiary/aromatic N) is 2. The molecule has 0 saturated heterocycles. The second-order valence-electron chi connectivity index (χ2n) is 5.75. The van der Waals surface area contributed by atoms with Crippen molar-refractivity contribution in [2.24, 2.45) is 5.10 Å². The van der Waals surface area contributed by atoms with Crippen molar-refractivity contribution in [3.05, 3.63) is 98.4 Å². The molecule has 0 fully saturated rings. The summed E-state index contributed by atoms with van der Waals surface area (Å²) in [5, 5.41) is 13.3. The van der Waals surface area contributed by atoms with Crippen molar-refractivity contribution in [3.63, 3.8) is 0 Å². The minimum atomic E-state index is -0.587. The van der Waals surface area contributed by atoms with Crippen molar-refractivity contribution in [3.8, 4) is 5.75 Å². The fourth-order valence-electron chi connectivity index (χ4n) is 2.44. The van der Waals surface area contributed by atoms with Crippen LogP contribution in [0.15, 0.2) is 81.2 Å². The molecule has 3 aromatic rings. The Hall–Kier alpha value is -3.19. The van der Waals surface area contributed by atoms with Crippen LogP contribution in [0.2, 0.25) is 0 Å². The lowest BCUT2D eigenvalue weighted by molar-refractivity contribution is 0.0953. The number of aromatic nitrogens is 1. The molecule has 0 saturated carbocycles. The van der Waals surface area contributed by atoms with Gasteiger partial charge < -0.3 is 9.67 Å². The third kappa shape index (κ3) is 4.71. The molecule has 0 unspecified atom stereocenters. The highest BCUT2D eigenvalue weighted by atomic mass is 79.9. The van der Waals surface area contributed by atoms with Crippen molar-refractivity contribution >= 4 is 28.1 Å². The molecule has 1 heterocycles. The topological polar surface area (TPSA) is 83.7 Å². The molecule has 2 N–H and O–H groups in total. The van der Waals surface area contributed by atoms with Gasteiger partial charge in [0, 0.05) is 6.20 Å². The predicted octanol–water partition coefficient (Wildman–Crippen LogP) is 3.13. The molecular formula is C20H16BrN3O3. The Morgan fingerprint density at radius 1 is 1.15 bits per heavy atom. The van der Waals surface area contributed by atoms with Gasteiger partial charge in [-0.3, -0.25) is 9.59 Å². The van der Waals surface area contributed by atoms with Crippen molar-refractivity contribution in [1.82, 2.24) is 9.99 Å². The van der Waals surface area contributed by atoms with E-state index >= 15 is 0 Å². The summed E-state index contributed by atoms with van der Waals surface area (Å²) in [7, 11) is 0. The fourth-order valence-corrected chi connectivity index (χ4v) is 2.84. The van der Waals surface area contributed by atoms with Crippen LogP contribution in [-0.4, -0.2) is 21.8 Å². The Balaban J connectivity index is 1.73. The highest BCUT2D eigenvalue weighted by Crippen LogP contribution is 2.23. The standard InChI is InChI=1S/C20H16BrN3O3/c21-17-11-15(8-9-18(17)25)12-22-23-19(26)16-7-4-10-24(20(16)27)13-14-5-2-1-3-6-14/h1-12,25H,13H2,(H,23,26)/b22-12-. The lowest BCUT2D eigenvalue weighted by Crippen LogP contribution is -2.30. The molecule has 1 amide bonds. The van der Waals surface area contributed by atoms with E-state index in [1.165, 1.54) is 22.9 Å². The van der Waals surface area contributed by atoms with Crippen molar-refractivity contribution in [2.75, 3.05) is 0 Å². The zero-order valence-electron chi connectivity index (χ0n) is 14.2. The number of phenols is 1. The highest BCUT2D eigenvalue weighted by Gasteiger charge is 2.11. The molecule has 0 radical (unpaired) electrons. The van der Waals surface area contributed by atoms with Gasteiger partial charge in [0.2, 0.25) is 0 Å². The molecule has 0 aliphatic rings. The van der Waals surface area contributed by atoms with Crippen molar-refractivity contribution < 1.29 is 9.90 Å². The average molecular weight is 426 g/mol. The Kier molecular flexibility index (Phi) is 5.83. The largest absolute Gasteiger partial charge is 0.507 e. The Morgan fingerprint density at radius 3 is 2.67 bits per heavy atom. The van der Waals surface area contributed by atoms with Crippen LogP contribution in [0, 0.1) is 0 Å². The van der Waals surface area contributed by atoms with E-state index in [0.29, 0.717) is 16.6 Å². The van der Waals surface area contributed by atoms with Gasteiger partial charge in [0.25, 0.3) is 11.5 Å². The number of phenolic OH excluding ortho intramolecular Hbond substituents is 1. The van der Waals surface area contributed by atoms with Gasteiger partial charge in [0.15, 0.2) is 0 Å². The van der Waals surface area contributed by atoms with Crippen LogP contribution in [0.1, 0.15) is 21.5 Å². The normalized spacial score (nSPS) is 10.9. The monoisotopic (exact) mass is 425 g/mol. The van der Waals surface area contributed by atoms with Gasteiger partial charge >= 0.3 is 0 Å². The smallest absolute Gasteiger partial charge is 0.276 e. The molecule has 2 aromatic carbocycles. The highest BCUT2D eigenvalue weighted by molar-refractivity contribution is 9.10. The van der Waals surface area contributed by atoms with Crippen LogP contribution in [0.5, 0.6) is 5.75 Å². The first-order valence-electron chi connectivity index (χ1n) is 8.10. The average Bonchev–Trinajstić information content (AvgIpc) is 2.67. The van der Waals surface area contributed by atoms with Crippen LogP contribution in [-0.2, 0) is 6.54 Å².